The third-order valence-electron chi connectivity index (χ3n) is 2.70. The van der Waals surface area contributed by atoms with Gasteiger partial charge in [0.25, 0.3) is 10.5 Å². The Morgan fingerprint density at radius 3 is 1.42 bits per heavy atom. The monoisotopic (exact) mass is 376 g/mol. The number of nitrogens with two attached hydrogens (primary N) is 1. The van der Waals surface area contributed by atoms with E-state index in [9.17, 15) is 4.79 Å². The molecule has 0 radical (unpaired) electrons. The van der Waals surface area contributed by atoms with E-state index in [-0.39, 0.29) is 41.7 Å². The fraction of sp³-hybridized carbons (Fsp3) is 0.125. The van der Waals surface area contributed by atoms with E-state index in [1.165, 1.54) is 0 Å². The molecular formula is C16H21N2NaO3S2. The van der Waals surface area contributed by atoms with E-state index >= 15 is 0 Å². The molecule has 0 heterocycles. The fourth-order valence-electron chi connectivity index (χ4n) is 1.80. The van der Waals surface area contributed by atoms with Gasteiger partial charge in [-0.3, -0.25) is 9.59 Å². The van der Waals surface area contributed by atoms with Crippen molar-refractivity contribution in [2.24, 2.45) is 5.73 Å². The van der Waals surface area contributed by atoms with Crippen LogP contribution in [0.1, 0.15) is 12.6 Å². The Bertz CT molecular complexity index is 561. The Morgan fingerprint density at radius 2 is 1.17 bits per heavy atom. The van der Waals surface area contributed by atoms with E-state index in [4.69, 9.17) is 4.79 Å². The summed E-state index contributed by atoms with van der Waals surface area (Å²) in [4.78, 5) is 22.3. The predicted molar refractivity (Wildman–Crippen MR) is 99.8 cm³/mol. The summed E-state index contributed by atoms with van der Waals surface area (Å²) in [5.74, 6) is 0. The largest absolute Gasteiger partial charge is 1.00 e. The number of hydrogen-bond donors (Lipinski definition) is 3. The van der Waals surface area contributed by atoms with Gasteiger partial charge < -0.3 is 17.5 Å². The van der Waals surface area contributed by atoms with Gasteiger partial charge in [0.1, 0.15) is 0 Å². The number of benzene rings is 2. The van der Waals surface area contributed by atoms with Gasteiger partial charge in [-0.2, -0.15) is 0 Å². The van der Waals surface area contributed by atoms with Crippen LogP contribution in [0, 0.1) is 0 Å². The van der Waals surface area contributed by atoms with Crippen molar-refractivity contribution in [1.82, 2.24) is 4.90 Å². The zero-order valence-corrected chi connectivity index (χ0v) is 17.2. The molecule has 0 aliphatic rings. The average Bonchev–Trinajstić information content (AvgIpc) is 2.48. The molecule has 2 rings (SSSR count). The summed E-state index contributed by atoms with van der Waals surface area (Å²) in [5, 5.41) is -0.845. The van der Waals surface area contributed by atoms with Gasteiger partial charge in [-0.1, -0.05) is 85.9 Å². The number of nitrogens with zero attached hydrogens (tertiary/aromatic N) is 1. The molecule has 0 saturated heterocycles. The Morgan fingerprint density at radius 1 is 0.875 bits per heavy atom. The third-order valence-corrected chi connectivity index (χ3v) is 2.99. The van der Waals surface area contributed by atoms with Gasteiger partial charge in [-0.25, -0.2) is 0 Å². The topological polar surface area (TPSA) is 94.9 Å². The second kappa shape index (κ2) is 14.4. The normalized spacial score (nSPS) is 8.58. The molecule has 0 unspecified atom stereocenters. The molecule has 2 aromatic rings. The summed E-state index contributed by atoms with van der Waals surface area (Å²) < 4.78 is 0. The van der Waals surface area contributed by atoms with Crippen molar-refractivity contribution in [2.45, 2.75) is 13.1 Å². The minimum absolute atomic E-state index is 0. The van der Waals surface area contributed by atoms with E-state index < -0.39 is 5.24 Å². The molecule has 0 saturated carbocycles. The smallest absolute Gasteiger partial charge is 1.00 e. The Labute approximate surface area is 176 Å². The van der Waals surface area contributed by atoms with E-state index in [0.29, 0.717) is 13.1 Å². The molecular weight excluding hydrogens is 355 g/mol. The summed E-state index contributed by atoms with van der Waals surface area (Å²) >= 11 is 7.05. The molecule has 5 nitrogen and oxygen atoms in total. The molecule has 126 valence electrons. The number of primary amides is 1. The van der Waals surface area contributed by atoms with Crippen LogP contribution < -0.4 is 35.3 Å². The molecule has 0 aliphatic heterocycles. The van der Waals surface area contributed by atoms with E-state index in [2.05, 4.69) is 31.0 Å². The molecule has 0 bridgehead atoms. The number of amides is 2. The molecule has 0 atom stereocenters. The van der Waals surface area contributed by atoms with Crippen molar-refractivity contribution in [3.8, 4) is 0 Å². The molecule has 8 heteroatoms. The SMILES string of the molecule is NC(=O)S.O.O=C(S)N(Cc1ccccc1)Cc1ccccc1.[H-].[Na+]. The van der Waals surface area contributed by atoms with Crippen LogP contribution in [0.25, 0.3) is 0 Å². The maximum atomic E-state index is 11.5. The second-order valence-electron chi connectivity index (χ2n) is 4.45. The van der Waals surface area contributed by atoms with E-state index in [1.54, 1.807) is 4.90 Å². The molecule has 2 amide bonds. The minimum atomic E-state index is -0.639. The van der Waals surface area contributed by atoms with Crippen molar-refractivity contribution in [2.75, 3.05) is 0 Å². The molecule has 0 aromatic heterocycles. The molecule has 0 fully saturated rings. The first-order chi connectivity index (χ1) is 10.5. The molecule has 0 aliphatic carbocycles. The third kappa shape index (κ3) is 11.6. The summed E-state index contributed by atoms with van der Waals surface area (Å²) in [6, 6.07) is 19.9. The quantitative estimate of drug-likeness (QED) is 0.518. The first kappa shape index (κ1) is 25.3. The van der Waals surface area contributed by atoms with E-state index in [0.717, 1.165) is 11.1 Å². The Hall–Kier alpha value is -0.960. The van der Waals surface area contributed by atoms with Crippen LogP contribution in [0.4, 0.5) is 9.59 Å². The van der Waals surface area contributed by atoms with Gasteiger partial charge in [-0.15, -0.1) is 0 Å². The van der Waals surface area contributed by atoms with Gasteiger partial charge in [0.15, 0.2) is 0 Å². The van der Waals surface area contributed by atoms with Crippen molar-refractivity contribution < 1.29 is 46.0 Å². The molecule has 0 spiro atoms. The van der Waals surface area contributed by atoms with Crippen molar-refractivity contribution in [3.05, 3.63) is 71.8 Å². The van der Waals surface area contributed by atoms with E-state index in [1.807, 2.05) is 60.7 Å². The number of thiol groups is 2. The van der Waals surface area contributed by atoms with Crippen LogP contribution in [0.2, 0.25) is 0 Å². The van der Waals surface area contributed by atoms with Gasteiger partial charge in [0.2, 0.25) is 0 Å². The molecule has 4 N–H and O–H groups in total. The number of carbonyl (C=O) groups excluding carboxylic acids is 2. The van der Waals surface area contributed by atoms with Crippen molar-refractivity contribution >= 4 is 35.7 Å². The van der Waals surface area contributed by atoms with Crippen LogP contribution in [0.15, 0.2) is 60.7 Å². The first-order valence-electron chi connectivity index (χ1n) is 6.53. The molecule has 24 heavy (non-hydrogen) atoms. The Kier molecular flexibility index (Phi) is 15.2. The number of hydrogen-bond acceptors (Lipinski definition) is 2. The predicted octanol–water partition coefficient (Wildman–Crippen LogP) is 0.0253. The van der Waals surface area contributed by atoms with Gasteiger partial charge in [0.05, 0.1) is 0 Å². The Balaban J connectivity index is -0.000000629. The van der Waals surface area contributed by atoms with Crippen LogP contribution in [-0.2, 0) is 13.1 Å². The molecule has 2 aromatic carbocycles. The van der Waals surface area contributed by atoms with Crippen LogP contribution >= 0.6 is 25.3 Å². The van der Waals surface area contributed by atoms with Crippen LogP contribution in [0.5, 0.6) is 0 Å². The van der Waals surface area contributed by atoms with Crippen LogP contribution in [-0.4, -0.2) is 20.9 Å². The second-order valence-corrected chi connectivity index (χ2v) is 5.27. The first-order valence-corrected chi connectivity index (χ1v) is 7.42. The summed E-state index contributed by atoms with van der Waals surface area (Å²) in [7, 11) is 0. The van der Waals surface area contributed by atoms with Gasteiger partial charge >= 0.3 is 29.6 Å². The van der Waals surface area contributed by atoms with Crippen molar-refractivity contribution in [3.63, 3.8) is 0 Å². The average molecular weight is 376 g/mol. The maximum absolute atomic E-state index is 11.5. The zero-order chi connectivity index (χ0) is 16.4. The van der Waals surface area contributed by atoms with Crippen molar-refractivity contribution in [1.29, 1.82) is 0 Å². The van der Waals surface area contributed by atoms with Gasteiger partial charge in [-0.05, 0) is 11.1 Å². The standard InChI is InChI=1S/C15H15NOS.CH3NOS.Na.H2O.H/c17-15(18)16(11-13-7-3-1-4-8-13)12-14-9-5-2-6-10-14;2-1(3)4;;;/h1-10H,11-12H2,(H,17,18);(H3,2,3,4);;1H2;/q;;+1;;-1. The van der Waals surface area contributed by atoms with Crippen LogP contribution in [0.3, 0.4) is 0 Å². The van der Waals surface area contributed by atoms with Gasteiger partial charge in [0, 0.05) is 13.1 Å². The fourth-order valence-corrected chi connectivity index (χ4v) is 1.94. The summed E-state index contributed by atoms with van der Waals surface area (Å²) in [6.07, 6.45) is 0. The number of rotatable bonds is 4. The summed E-state index contributed by atoms with van der Waals surface area (Å²) in [5.41, 5.74) is 6.55. The zero-order valence-electron chi connectivity index (χ0n) is 14.4. The number of carbonyl (C=O) groups is 2. The minimum Gasteiger partial charge on any atom is -1.00 e. The maximum Gasteiger partial charge on any atom is 1.00 e. The summed E-state index contributed by atoms with van der Waals surface area (Å²) in [6.45, 7) is 1.16.